The smallest absolute Gasteiger partial charge is 0.268 e. The number of hydrogen-bond acceptors (Lipinski definition) is 4. The van der Waals surface area contributed by atoms with E-state index in [1.54, 1.807) is 37.4 Å². The first-order valence-corrected chi connectivity index (χ1v) is 9.84. The standard InChI is InChI=1S/C23H20ClN3O3/c1-14(28)26-18-5-3-4-15(12-18)19-10-11-25-21-20(19)13-23(2,30-21)22(29)27-17-8-6-16(24)7-9-17/h3-12H,13H2,1-2H3,(H,26,28)(H,27,29). The van der Waals surface area contributed by atoms with E-state index < -0.39 is 5.60 Å². The van der Waals surface area contributed by atoms with Crippen LogP contribution >= 0.6 is 11.6 Å². The largest absolute Gasteiger partial charge is 0.461 e. The lowest BCUT2D eigenvalue weighted by Crippen LogP contribution is -2.44. The molecule has 0 saturated heterocycles. The van der Waals surface area contributed by atoms with E-state index in [0.717, 1.165) is 16.7 Å². The lowest BCUT2D eigenvalue weighted by molar-refractivity contribution is -0.128. The van der Waals surface area contributed by atoms with Gasteiger partial charge in [-0.2, -0.15) is 0 Å². The molecule has 1 aliphatic heterocycles. The van der Waals surface area contributed by atoms with Gasteiger partial charge in [0.2, 0.25) is 11.8 Å². The molecule has 1 atom stereocenters. The SMILES string of the molecule is CC(=O)Nc1cccc(-c2ccnc3c2CC(C)(C(=O)Nc2ccc(Cl)cc2)O3)c1. The van der Waals surface area contributed by atoms with Gasteiger partial charge in [-0.3, -0.25) is 9.59 Å². The van der Waals surface area contributed by atoms with Crippen molar-refractivity contribution in [3.63, 3.8) is 0 Å². The predicted molar refractivity (Wildman–Crippen MR) is 117 cm³/mol. The van der Waals surface area contributed by atoms with Crippen LogP contribution in [0, 0.1) is 0 Å². The molecule has 2 N–H and O–H groups in total. The first-order valence-electron chi connectivity index (χ1n) is 9.46. The summed E-state index contributed by atoms with van der Waals surface area (Å²) in [6.07, 6.45) is 2.03. The lowest BCUT2D eigenvalue weighted by Gasteiger charge is -2.22. The predicted octanol–water partition coefficient (Wildman–Crippen LogP) is 4.69. The number of rotatable bonds is 4. The molecule has 3 aromatic rings. The van der Waals surface area contributed by atoms with Gasteiger partial charge in [0.05, 0.1) is 0 Å². The van der Waals surface area contributed by atoms with Gasteiger partial charge in [0, 0.05) is 41.5 Å². The Kier molecular flexibility index (Phi) is 5.18. The van der Waals surface area contributed by atoms with Gasteiger partial charge in [0.15, 0.2) is 5.60 Å². The molecule has 0 radical (unpaired) electrons. The summed E-state index contributed by atoms with van der Waals surface area (Å²) >= 11 is 5.91. The Labute approximate surface area is 179 Å². The van der Waals surface area contributed by atoms with Gasteiger partial charge in [-0.1, -0.05) is 23.7 Å². The average molecular weight is 422 g/mol. The fourth-order valence-electron chi connectivity index (χ4n) is 3.48. The fraction of sp³-hybridized carbons (Fsp3) is 0.174. The average Bonchev–Trinajstić information content (AvgIpc) is 3.07. The van der Waals surface area contributed by atoms with E-state index in [2.05, 4.69) is 15.6 Å². The van der Waals surface area contributed by atoms with Crippen molar-refractivity contribution < 1.29 is 14.3 Å². The van der Waals surface area contributed by atoms with Crippen LogP contribution in [0.25, 0.3) is 11.1 Å². The van der Waals surface area contributed by atoms with Gasteiger partial charge in [0.1, 0.15) is 0 Å². The van der Waals surface area contributed by atoms with Crippen LogP contribution in [-0.2, 0) is 16.0 Å². The summed E-state index contributed by atoms with van der Waals surface area (Å²) in [4.78, 5) is 28.7. The van der Waals surface area contributed by atoms with E-state index in [1.165, 1.54) is 6.92 Å². The van der Waals surface area contributed by atoms with E-state index >= 15 is 0 Å². The number of hydrogen-bond donors (Lipinski definition) is 2. The molecule has 1 aliphatic rings. The quantitative estimate of drug-likeness (QED) is 0.640. The van der Waals surface area contributed by atoms with Crippen LogP contribution in [0.2, 0.25) is 5.02 Å². The first kappa shape index (κ1) is 19.9. The topological polar surface area (TPSA) is 80.3 Å². The number of fused-ring (bicyclic) bond motifs is 1. The number of benzene rings is 2. The van der Waals surface area contributed by atoms with E-state index in [1.807, 2.05) is 30.3 Å². The maximum atomic E-state index is 13.0. The van der Waals surface area contributed by atoms with Crippen molar-refractivity contribution in [3.8, 4) is 17.0 Å². The number of nitrogens with one attached hydrogen (secondary N) is 2. The van der Waals surface area contributed by atoms with Crippen molar-refractivity contribution in [2.75, 3.05) is 10.6 Å². The number of carbonyl (C=O) groups excluding carboxylic acids is 2. The minimum Gasteiger partial charge on any atom is -0.461 e. The second kappa shape index (κ2) is 7.80. The summed E-state index contributed by atoms with van der Waals surface area (Å²) in [6, 6.07) is 16.3. The molecule has 1 unspecified atom stereocenters. The number of carbonyl (C=O) groups is 2. The number of aromatic nitrogens is 1. The Bertz CT molecular complexity index is 1130. The molecule has 2 aromatic carbocycles. The maximum Gasteiger partial charge on any atom is 0.268 e. The minimum absolute atomic E-state index is 0.137. The van der Waals surface area contributed by atoms with Gasteiger partial charge >= 0.3 is 0 Å². The molecule has 0 spiro atoms. The van der Waals surface area contributed by atoms with Gasteiger partial charge in [-0.15, -0.1) is 0 Å². The molecule has 0 bridgehead atoms. The number of halogens is 1. The number of pyridine rings is 1. The molecule has 7 heteroatoms. The molecule has 30 heavy (non-hydrogen) atoms. The third-order valence-electron chi connectivity index (χ3n) is 4.93. The summed E-state index contributed by atoms with van der Waals surface area (Å²) < 4.78 is 5.99. The second-order valence-electron chi connectivity index (χ2n) is 7.37. The number of amides is 2. The van der Waals surface area contributed by atoms with Crippen molar-refractivity contribution in [1.29, 1.82) is 0 Å². The van der Waals surface area contributed by atoms with E-state index in [4.69, 9.17) is 16.3 Å². The highest BCUT2D eigenvalue weighted by atomic mass is 35.5. The number of anilines is 2. The Morgan fingerprint density at radius 3 is 2.57 bits per heavy atom. The fourth-order valence-corrected chi connectivity index (χ4v) is 3.61. The van der Waals surface area contributed by atoms with Crippen LogP contribution in [0.1, 0.15) is 19.4 Å². The zero-order chi connectivity index (χ0) is 21.3. The van der Waals surface area contributed by atoms with Crippen molar-refractivity contribution in [1.82, 2.24) is 4.98 Å². The molecule has 6 nitrogen and oxygen atoms in total. The van der Waals surface area contributed by atoms with Crippen LogP contribution in [0.4, 0.5) is 11.4 Å². The summed E-state index contributed by atoms with van der Waals surface area (Å²) in [5, 5.41) is 6.26. The van der Waals surface area contributed by atoms with E-state index in [9.17, 15) is 9.59 Å². The molecule has 0 saturated carbocycles. The summed E-state index contributed by atoms with van der Waals surface area (Å²) in [5.41, 5.74) is 2.92. The van der Waals surface area contributed by atoms with Gasteiger partial charge in [-0.25, -0.2) is 4.98 Å². The normalized spacial score (nSPS) is 17.0. The molecular weight excluding hydrogens is 402 g/mol. The second-order valence-corrected chi connectivity index (χ2v) is 7.81. The van der Waals surface area contributed by atoms with Crippen LogP contribution in [0.15, 0.2) is 60.8 Å². The molecule has 0 fully saturated rings. The van der Waals surface area contributed by atoms with Crippen LogP contribution in [0.5, 0.6) is 5.88 Å². The third-order valence-corrected chi connectivity index (χ3v) is 5.18. The zero-order valence-corrected chi connectivity index (χ0v) is 17.3. The van der Waals surface area contributed by atoms with Gasteiger partial charge in [-0.05, 0) is 60.5 Å². The Morgan fingerprint density at radius 1 is 1.07 bits per heavy atom. The van der Waals surface area contributed by atoms with Crippen molar-refractivity contribution in [3.05, 3.63) is 71.4 Å². The Hall–Kier alpha value is -3.38. The van der Waals surface area contributed by atoms with Gasteiger partial charge < -0.3 is 15.4 Å². The van der Waals surface area contributed by atoms with Crippen molar-refractivity contribution in [2.45, 2.75) is 25.9 Å². The summed E-state index contributed by atoms with van der Waals surface area (Å²) in [6.45, 7) is 3.22. The number of nitrogens with zero attached hydrogens (tertiary/aromatic N) is 1. The van der Waals surface area contributed by atoms with Gasteiger partial charge in [0.25, 0.3) is 5.91 Å². The van der Waals surface area contributed by atoms with Crippen LogP contribution in [-0.4, -0.2) is 22.4 Å². The molecule has 2 amide bonds. The summed E-state index contributed by atoms with van der Waals surface area (Å²) in [7, 11) is 0. The highest BCUT2D eigenvalue weighted by Crippen LogP contribution is 2.40. The lowest BCUT2D eigenvalue weighted by atomic mass is 9.93. The Balaban J connectivity index is 1.61. The monoisotopic (exact) mass is 421 g/mol. The maximum absolute atomic E-state index is 13.0. The molecule has 2 heterocycles. The third kappa shape index (κ3) is 4.00. The Morgan fingerprint density at radius 2 is 1.83 bits per heavy atom. The van der Waals surface area contributed by atoms with Crippen molar-refractivity contribution >= 4 is 34.8 Å². The van der Waals surface area contributed by atoms with Crippen molar-refractivity contribution in [2.24, 2.45) is 0 Å². The zero-order valence-electron chi connectivity index (χ0n) is 16.5. The van der Waals surface area contributed by atoms with Crippen LogP contribution < -0.4 is 15.4 Å². The minimum atomic E-state index is -1.10. The number of ether oxygens (including phenoxy) is 1. The molecule has 152 valence electrons. The highest BCUT2D eigenvalue weighted by molar-refractivity contribution is 6.30. The first-order chi connectivity index (χ1) is 14.3. The van der Waals surface area contributed by atoms with E-state index in [-0.39, 0.29) is 11.8 Å². The molecule has 1 aromatic heterocycles. The highest BCUT2D eigenvalue weighted by Gasteiger charge is 2.43. The molecule has 4 rings (SSSR count). The van der Waals surface area contributed by atoms with E-state index in [0.29, 0.717) is 28.7 Å². The molecule has 0 aliphatic carbocycles. The van der Waals surface area contributed by atoms with Crippen LogP contribution in [0.3, 0.4) is 0 Å². The summed E-state index contributed by atoms with van der Waals surface area (Å²) in [5.74, 6) is 0.0360. The molecular formula is C23H20ClN3O3.